The van der Waals surface area contributed by atoms with Crippen LogP contribution in [0.2, 0.25) is 0 Å². The number of sulfonamides is 1. The number of aromatic carboxylic acids is 1. The van der Waals surface area contributed by atoms with Crippen LogP contribution in [0.1, 0.15) is 23.0 Å². The summed E-state index contributed by atoms with van der Waals surface area (Å²) in [5, 5.41) is 8.77. The van der Waals surface area contributed by atoms with E-state index in [1.807, 2.05) is 13.2 Å². The zero-order chi connectivity index (χ0) is 13.8. The highest BCUT2D eigenvalue weighted by atomic mass is 32.2. The molecule has 0 bridgehead atoms. The minimum atomic E-state index is -3.61. The van der Waals surface area contributed by atoms with Gasteiger partial charge in [-0.25, -0.2) is 17.9 Å². The van der Waals surface area contributed by atoms with E-state index in [-0.39, 0.29) is 15.1 Å². The van der Waals surface area contributed by atoms with Gasteiger partial charge in [0, 0.05) is 11.8 Å². The fraction of sp³-hybridized carbons (Fsp3) is 0.500. The lowest BCUT2D eigenvalue weighted by atomic mass is 10.3. The van der Waals surface area contributed by atoms with Gasteiger partial charge < -0.3 is 5.11 Å². The molecule has 1 aromatic rings. The van der Waals surface area contributed by atoms with Crippen molar-refractivity contribution in [3.05, 3.63) is 17.0 Å². The number of carbonyl (C=O) groups is 1. The number of hydrogen-bond acceptors (Lipinski definition) is 5. The Bertz CT molecular complexity index is 509. The lowest BCUT2D eigenvalue weighted by Gasteiger charge is -2.14. The molecule has 1 rings (SSSR count). The average Bonchev–Trinajstić information content (AvgIpc) is 2.78. The molecule has 0 fully saturated rings. The summed E-state index contributed by atoms with van der Waals surface area (Å²) in [5.41, 5.74) is 0. The Morgan fingerprint density at radius 1 is 1.56 bits per heavy atom. The van der Waals surface area contributed by atoms with E-state index in [2.05, 4.69) is 4.72 Å². The molecule has 0 aromatic carbocycles. The minimum absolute atomic E-state index is 0.0216. The van der Waals surface area contributed by atoms with Crippen molar-refractivity contribution in [1.29, 1.82) is 0 Å². The normalized spacial score (nSPS) is 13.4. The number of carboxylic acid groups (broad SMARTS) is 1. The molecule has 18 heavy (non-hydrogen) atoms. The van der Waals surface area contributed by atoms with Gasteiger partial charge in [0.25, 0.3) is 0 Å². The Balaban J connectivity index is 2.88. The van der Waals surface area contributed by atoms with Crippen LogP contribution in [0.3, 0.4) is 0 Å². The fourth-order valence-electron chi connectivity index (χ4n) is 1.29. The van der Waals surface area contributed by atoms with Crippen molar-refractivity contribution < 1.29 is 18.3 Å². The summed E-state index contributed by atoms with van der Waals surface area (Å²) < 4.78 is 26.6. The van der Waals surface area contributed by atoms with Crippen molar-refractivity contribution in [2.45, 2.75) is 23.6 Å². The Morgan fingerprint density at radius 2 is 2.22 bits per heavy atom. The predicted octanol–water partition coefficient (Wildman–Crippen LogP) is 1.87. The Morgan fingerprint density at radius 3 is 2.67 bits per heavy atom. The number of carboxylic acids is 1. The molecule has 0 radical (unpaired) electrons. The lowest BCUT2D eigenvalue weighted by Crippen LogP contribution is -2.35. The van der Waals surface area contributed by atoms with Gasteiger partial charge in [-0.2, -0.15) is 11.8 Å². The third-order valence-electron chi connectivity index (χ3n) is 2.24. The molecule has 8 heteroatoms. The summed E-state index contributed by atoms with van der Waals surface area (Å²) in [7, 11) is -3.61. The topological polar surface area (TPSA) is 83.5 Å². The molecule has 0 aliphatic rings. The van der Waals surface area contributed by atoms with Crippen molar-refractivity contribution in [2.75, 3.05) is 12.0 Å². The first-order chi connectivity index (χ1) is 8.40. The van der Waals surface area contributed by atoms with Gasteiger partial charge in [-0.15, -0.1) is 11.3 Å². The van der Waals surface area contributed by atoms with Crippen LogP contribution < -0.4 is 4.72 Å². The van der Waals surface area contributed by atoms with Gasteiger partial charge in [-0.1, -0.05) is 6.92 Å². The molecule has 1 atom stereocenters. The zero-order valence-electron chi connectivity index (χ0n) is 10.0. The maximum atomic E-state index is 12.0. The van der Waals surface area contributed by atoms with E-state index in [4.69, 9.17) is 5.11 Å². The highest BCUT2D eigenvalue weighted by Gasteiger charge is 2.21. The maximum Gasteiger partial charge on any atom is 0.345 e. The van der Waals surface area contributed by atoms with Crippen LogP contribution in [-0.4, -0.2) is 37.5 Å². The summed E-state index contributed by atoms with van der Waals surface area (Å²) in [5.74, 6) is -0.426. The van der Waals surface area contributed by atoms with Gasteiger partial charge in [0.15, 0.2) is 0 Å². The van der Waals surface area contributed by atoms with Crippen LogP contribution in [0.5, 0.6) is 0 Å². The predicted molar refractivity (Wildman–Crippen MR) is 74.1 cm³/mol. The molecular weight excluding hydrogens is 294 g/mol. The Kier molecular flexibility index (Phi) is 5.64. The van der Waals surface area contributed by atoms with Crippen LogP contribution in [0.4, 0.5) is 0 Å². The molecule has 0 saturated heterocycles. The summed E-state index contributed by atoms with van der Waals surface area (Å²) in [6, 6.07) is 2.49. The van der Waals surface area contributed by atoms with E-state index in [1.54, 1.807) is 11.8 Å². The van der Waals surface area contributed by atoms with E-state index in [9.17, 15) is 13.2 Å². The standard InChI is InChI=1S/C10H15NO4S3/c1-3-7(6-16-2)11-18(14,15)9-5-4-8(17-9)10(12)13/h4-5,7,11H,3,6H2,1-2H3,(H,12,13). The van der Waals surface area contributed by atoms with Crippen molar-refractivity contribution in [2.24, 2.45) is 0 Å². The first kappa shape index (κ1) is 15.5. The second-order valence-electron chi connectivity index (χ2n) is 3.61. The quantitative estimate of drug-likeness (QED) is 0.803. The number of nitrogens with one attached hydrogen (secondary N) is 1. The molecule has 0 amide bonds. The van der Waals surface area contributed by atoms with Crippen molar-refractivity contribution >= 4 is 39.1 Å². The molecule has 5 nitrogen and oxygen atoms in total. The Hall–Kier alpha value is -0.570. The zero-order valence-corrected chi connectivity index (χ0v) is 12.5. The molecule has 0 aliphatic carbocycles. The van der Waals surface area contributed by atoms with E-state index in [0.717, 1.165) is 11.3 Å². The molecule has 1 heterocycles. The van der Waals surface area contributed by atoms with Gasteiger partial charge in [-0.05, 0) is 24.8 Å². The summed E-state index contributed by atoms with van der Waals surface area (Å²) in [6.45, 7) is 1.90. The highest BCUT2D eigenvalue weighted by molar-refractivity contribution is 7.98. The molecule has 0 aliphatic heterocycles. The van der Waals surface area contributed by atoms with Gasteiger partial charge in [0.1, 0.15) is 9.09 Å². The SMILES string of the molecule is CCC(CSC)NS(=O)(=O)c1ccc(C(=O)O)s1. The van der Waals surface area contributed by atoms with E-state index in [0.29, 0.717) is 12.2 Å². The number of hydrogen-bond donors (Lipinski definition) is 2. The first-order valence-electron chi connectivity index (χ1n) is 5.25. The van der Waals surface area contributed by atoms with Gasteiger partial charge in [-0.3, -0.25) is 0 Å². The molecule has 0 spiro atoms. The first-order valence-corrected chi connectivity index (χ1v) is 8.94. The van der Waals surface area contributed by atoms with Crippen LogP contribution in [0.25, 0.3) is 0 Å². The number of thiophene rings is 1. The van der Waals surface area contributed by atoms with Crippen LogP contribution in [-0.2, 0) is 10.0 Å². The molecule has 0 saturated carbocycles. The van der Waals surface area contributed by atoms with Gasteiger partial charge >= 0.3 is 5.97 Å². The lowest BCUT2D eigenvalue weighted by molar-refractivity contribution is 0.0702. The number of rotatable bonds is 7. The average molecular weight is 309 g/mol. The molecule has 102 valence electrons. The summed E-state index contributed by atoms with van der Waals surface area (Å²) in [6.07, 6.45) is 2.60. The van der Waals surface area contributed by atoms with Crippen LogP contribution >= 0.6 is 23.1 Å². The van der Waals surface area contributed by atoms with Gasteiger partial charge in [0.05, 0.1) is 0 Å². The van der Waals surface area contributed by atoms with E-state index >= 15 is 0 Å². The monoisotopic (exact) mass is 309 g/mol. The minimum Gasteiger partial charge on any atom is -0.477 e. The van der Waals surface area contributed by atoms with E-state index < -0.39 is 16.0 Å². The third-order valence-corrected chi connectivity index (χ3v) is 6.06. The largest absolute Gasteiger partial charge is 0.477 e. The third kappa shape index (κ3) is 3.98. The van der Waals surface area contributed by atoms with Crippen molar-refractivity contribution in [1.82, 2.24) is 4.72 Å². The number of thioether (sulfide) groups is 1. The highest BCUT2D eigenvalue weighted by Crippen LogP contribution is 2.22. The molecular formula is C10H15NO4S3. The second-order valence-corrected chi connectivity index (χ2v) is 7.54. The molecule has 2 N–H and O–H groups in total. The van der Waals surface area contributed by atoms with Crippen LogP contribution in [0.15, 0.2) is 16.3 Å². The smallest absolute Gasteiger partial charge is 0.345 e. The molecule has 1 unspecified atom stereocenters. The molecule has 1 aromatic heterocycles. The second kappa shape index (κ2) is 6.55. The summed E-state index contributed by atoms with van der Waals surface area (Å²) in [4.78, 5) is 10.7. The van der Waals surface area contributed by atoms with E-state index in [1.165, 1.54) is 12.1 Å². The summed E-state index contributed by atoms with van der Waals surface area (Å²) >= 11 is 2.32. The maximum absolute atomic E-state index is 12.0. The Labute approximate surface area is 115 Å². The van der Waals surface area contributed by atoms with Crippen LogP contribution in [0, 0.1) is 0 Å². The fourth-order valence-corrected chi connectivity index (χ4v) is 4.60. The van der Waals surface area contributed by atoms with Crippen molar-refractivity contribution in [3.63, 3.8) is 0 Å². The van der Waals surface area contributed by atoms with Gasteiger partial charge in [0.2, 0.25) is 10.0 Å². The van der Waals surface area contributed by atoms with Crippen molar-refractivity contribution in [3.8, 4) is 0 Å².